The molecule has 1 heterocycles. The number of halogens is 2. The number of nitrogens with zero attached hydrogens (tertiary/aromatic N) is 2. The summed E-state index contributed by atoms with van der Waals surface area (Å²) in [6, 6.07) is 21.7. The van der Waals surface area contributed by atoms with Gasteiger partial charge < -0.3 is 5.32 Å². The minimum atomic E-state index is -0.336. The van der Waals surface area contributed by atoms with Crippen LogP contribution in [-0.4, -0.2) is 4.98 Å². The second-order valence-electron chi connectivity index (χ2n) is 6.79. The summed E-state index contributed by atoms with van der Waals surface area (Å²) in [6.45, 7) is 1.89. The smallest absolute Gasteiger partial charge is 0.128 e. The van der Waals surface area contributed by atoms with Crippen molar-refractivity contribution in [2.45, 2.75) is 13.0 Å². The molecule has 0 amide bonds. The maximum absolute atomic E-state index is 14.7. The van der Waals surface area contributed by atoms with Gasteiger partial charge in [-0.05, 0) is 48.4 Å². The van der Waals surface area contributed by atoms with Gasteiger partial charge in [0, 0.05) is 17.1 Å². The highest BCUT2D eigenvalue weighted by Crippen LogP contribution is 2.34. The van der Waals surface area contributed by atoms with E-state index in [1.54, 1.807) is 30.5 Å². The number of pyridine rings is 1. The highest BCUT2D eigenvalue weighted by molar-refractivity contribution is 6.34. The number of anilines is 1. The molecule has 142 valence electrons. The van der Waals surface area contributed by atoms with Crippen LogP contribution in [0.5, 0.6) is 0 Å². The predicted octanol–water partition coefficient (Wildman–Crippen LogP) is 6.74. The van der Waals surface area contributed by atoms with Gasteiger partial charge in [0.15, 0.2) is 0 Å². The zero-order chi connectivity index (χ0) is 20.4. The van der Waals surface area contributed by atoms with Crippen molar-refractivity contribution in [3.63, 3.8) is 0 Å². The van der Waals surface area contributed by atoms with Crippen molar-refractivity contribution < 1.29 is 4.39 Å². The topological polar surface area (TPSA) is 48.7 Å². The van der Waals surface area contributed by atoms with Crippen LogP contribution in [0.4, 0.5) is 10.1 Å². The molecular weight excluding hydrogens is 385 g/mol. The van der Waals surface area contributed by atoms with Gasteiger partial charge in [0.1, 0.15) is 5.82 Å². The van der Waals surface area contributed by atoms with Crippen LogP contribution in [0.3, 0.4) is 0 Å². The fourth-order valence-corrected chi connectivity index (χ4v) is 3.59. The first-order chi connectivity index (χ1) is 14.1. The summed E-state index contributed by atoms with van der Waals surface area (Å²) in [7, 11) is 0. The molecule has 0 saturated carbocycles. The van der Waals surface area contributed by atoms with Gasteiger partial charge in [-0.1, -0.05) is 48.0 Å². The molecule has 4 rings (SSSR count). The molecule has 0 saturated heterocycles. The third-order valence-electron chi connectivity index (χ3n) is 4.88. The first-order valence-electron chi connectivity index (χ1n) is 9.16. The van der Waals surface area contributed by atoms with Gasteiger partial charge in [-0.15, -0.1) is 0 Å². The van der Waals surface area contributed by atoms with E-state index in [4.69, 9.17) is 16.9 Å². The third kappa shape index (κ3) is 3.78. The number of benzene rings is 3. The molecule has 29 heavy (non-hydrogen) atoms. The number of nitrogens with one attached hydrogen (secondary N) is 1. The molecule has 0 aliphatic rings. The standard InChI is InChI=1S/C24H17ClFN3/c1-15(29-24-19-7-2-3-8-23(19)28-14-21(24)25)20-12-18(9-10-22(20)26)17-6-4-5-16(11-17)13-27/h2-12,14-15H,1H3,(H,28,29). The molecule has 1 N–H and O–H groups in total. The summed E-state index contributed by atoms with van der Waals surface area (Å²) in [5, 5.41) is 13.8. The monoisotopic (exact) mass is 401 g/mol. The van der Waals surface area contributed by atoms with Crippen LogP contribution in [0.2, 0.25) is 5.02 Å². The number of para-hydroxylation sites is 1. The van der Waals surface area contributed by atoms with Crippen molar-refractivity contribution in [2.75, 3.05) is 5.32 Å². The Labute approximate surface area is 173 Å². The van der Waals surface area contributed by atoms with Gasteiger partial charge in [-0.2, -0.15) is 5.26 Å². The summed E-state index contributed by atoms with van der Waals surface area (Å²) in [5.74, 6) is -0.306. The van der Waals surface area contributed by atoms with E-state index in [2.05, 4.69) is 16.4 Å². The van der Waals surface area contributed by atoms with E-state index in [0.717, 1.165) is 27.7 Å². The Morgan fingerprint density at radius 1 is 1.03 bits per heavy atom. The SMILES string of the molecule is CC(Nc1c(Cl)cnc2ccccc12)c1cc(-c2cccc(C#N)c2)ccc1F. The molecule has 0 fully saturated rings. The van der Waals surface area contributed by atoms with Crippen LogP contribution < -0.4 is 5.32 Å². The third-order valence-corrected chi connectivity index (χ3v) is 5.16. The van der Waals surface area contributed by atoms with Gasteiger partial charge in [0.2, 0.25) is 0 Å². The van der Waals surface area contributed by atoms with Crippen LogP contribution in [0.25, 0.3) is 22.0 Å². The van der Waals surface area contributed by atoms with Crippen molar-refractivity contribution in [1.82, 2.24) is 4.98 Å². The van der Waals surface area contributed by atoms with Crippen LogP contribution in [0.15, 0.2) is 72.9 Å². The lowest BCUT2D eigenvalue weighted by molar-refractivity contribution is 0.600. The second-order valence-corrected chi connectivity index (χ2v) is 7.20. The van der Waals surface area contributed by atoms with Gasteiger partial charge >= 0.3 is 0 Å². The average molecular weight is 402 g/mol. The Morgan fingerprint density at radius 3 is 2.66 bits per heavy atom. The first kappa shape index (κ1) is 18.9. The van der Waals surface area contributed by atoms with Crippen molar-refractivity contribution in [3.8, 4) is 17.2 Å². The van der Waals surface area contributed by atoms with E-state index in [9.17, 15) is 4.39 Å². The van der Waals surface area contributed by atoms with Crippen LogP contribution in [-0.2, 0) is 0 Å². The molecular formula is C24H17ClFN3. The normalized spacial score (nSPS) is 11.8. The van der Waals surface area contributed by atoms with Crippen molar-refractivity contribution in [2.24, 2.45) is 0 Å². The minimum Gasteiger partial charge on any atom is -0.377 e. The molecule has 4 aromatic rings. The Hall–Kier alpha value is -3.42. The maximum atomic E-state index is 14.7. The molecule has 0 aliphatic heterocycles. The summed E-state index contributed by atoms with van der Waals surface area (Å²) in [6.07, 6.45) is 1.60. The first-order valence-corrected chi connectivity index (χ1v) is 9.54. The predicted molar refractivity (Wildman–Crippen MR) is 115 cm³/mol. The van der Waals surface area contributed by atoms with Gasteiger partial charge in [-0.3, -0.25) is 4.98 Å². The summed E-state index contributed by atoms with van der Waals surface area (Å²) in [5.41, 5.74) is 4.33. The van der Waals surface area contributed by atoms with E-state index in [0.29, 0.717) is 16.1 Å². The number of hydrogen-bond acceptors (Lipinski definition) is 3. The van der Waals surface area contributed by atoms with Crippen molar-refractivity contribution in [1.29, 1.82) is 5.26 Å². The van der Waals surface area contributed by atoms with Crippen LogP contribution in [0.1, 0.15) is 24.1 Å². The summed E-state index contributed by atoms with van der Waals surface area (Å²) in [4.78, 5) is 4.34. The van der Waals surface area contributed by atoms with E-state index in [-0.39, 0.29) is 11.9 Å². The van der Waals surface area contributed by atoms with Gasteiger partial charge in [0.25, 0.3) is 0 Å². The van der Waals surface area contributed by atoms with Crippen molar-refractivity contribution >= 4 is 28.2 Å². The van der Waals surface area contributed by atoms with Crippen LogP contribution >= 0.6 is 11.6 Å². The zero-order valence-electron chi connectivity index (χ0n) is 15.7. The molecule has 1 unspecified atom stereocenters. The molecule has 3 nitrogen and oxygen atoms in total. The number of nitriles is 1. The minimum absolute atomic E-state index is 0.306. The van der Waals surface area contributed by atoms with E-state index >= 15 is 0 Å². The quantitative estimate of drug-likeness (QED) is 0.412. The van der Waals surface area contributed by atoms with Crippen LogP contribution in [0, 0.1) is 17.1 Å². The largest absolute Gasteiger partial charge is 0.377 e. The van der Waals surface area contributed by atoms with Gasteiger partial charge in [0.05, 0.1) is 33.9 Å². The molecule has 0 aliphatic carbocycles. The molecule has 1 atom stereocenters. The lowest BCUT2D eigenvalue weighted by Gasteiger charge is -2.19. The lowest BCUT2D eigenvalue weighted by Crippen LogP contribution is -2.10. The second kappa shape index (κ2) is 7.90. The number of fused-ring (bicyclic) bond motifs is 1. The highest BCUT2D eigenvalue weighted by atomic mass is 35.5. The maximum Gasteiger partial charge on any atom is 0.128 e. The molecule has 0 spiro atoms. The molecule has 5 heteroatoms. The van der Waals surface area contributed by atoms with Crippen molar-refractivity contribution in [3.05, 3.63) is 94.9 Å². The van der Waals surface area contributed by atoms with E-state index < -0.39 is 0 Å². The zero-order valence-corrected chi connectivity index (χ0v) is 16.4. The fourth-order valence-electron chi connectivity index (χ4n) is 3.38. The summed E-state index contributed by atoms with van der Waals surface area (Å²) >= 11 is 6.39. The lowest BCUT2D eigenvalue weighted by atomic mass is 9.98. The Kier molecular flexibility index (Phi) is 5.16. The molecule has 0 radical (unpaired) electrons. The number of rotatable bonds is 4. The Morgan fingerprint density at radius 2 is 1.83 bits per heavy atom. The average Bonchev–Trinajstić information content (AvgIpc) is 2.76. The van der Waals surface area contributed by atoms with Gasteiger partial charge in [-0.25, -0.2) is 4.39 Å². The highest BCUT2D eigenvalue weighted by Gasteiger charge is 2.16. The molecule has 3 aromatic carbocycles. The Bertz CT molecular complexity index is 1250. The molecule has 0 bridgehead atoms. The number of hydrogen-bond donors (Lipinski definition) is 1. The summed E-state index contributed by atoms with van der Waals surface area (Å²) < 4.78 is 14.7. The van der Waals surface area contributed by atoms with E-state index in [1.807, 2.05) is 43.3 Å². The fraction of sp³-hybridized carbons (Fsp3) is 0.0833. The van der Waals surface area contributed by atoms with E-state index in [1.165, 1.54) is 6.07 Å². The number of aromatic nitrogens is 1. The Balaban J connectivity index is 1.72. The molecule has 1 aromatic heterocycles.